The SMILES string of the molecule is Cc1ccc(C=NC(C)(C)C)s1. The summed E-state index contributed by atoms with van der Waals surface area (Å²) in [7, 11) is 0. The zero-order valence-electron chi connectivity index (χ0n) is 8.09. The van der Waals surface area contributed by atoms with Gasteiger partial charge in [0, 0.05) is 16.0 Å². The van der Waals surface area contributed by atoms with Gasteiger partial charge in [-0.3, -0.25) is 4.99 Å². The molecule has 0 bridgehead atoms. The lowest BCUT2D eigenvalue weighted by Crippen LogP contribution is -2.09. The molecule has 0 aliphatic heterocycles. The smallest absolute Gasteiger partial charge is 0.0524 e. The summed E-state index contributed by atoms with van der Waals surface area (Å²) in [5.74, 6) is 0. The van der Waals surface area contributed by atoms with Crippen LogP contribution in [0.25, 0.3) is 0 Å². The van der Waals surface area contributed by atoms with Crippen molar-refractivity contribution in [3.05, 3.63) is 21.9 Å². The third kappa shape index (κ3) is 3.18. The zero-order valence-corrected chi connectivity index (χ0v) is 8.90. The van der Waals surface area contributed by atoms with Gasteiger partial charge in [0.05, 0.1) is 5.54 Å². The Morgan fingerprint density at radius 3 is 2.42 bits per heavy atom. The van der Waals surface area contributed by atoms with Crippen LogP contribution in [0.5, 0.6) is 0 Å². The molecule has 66 valence electrons. The van der Waals surface area contributed by atoms with Gasteiger partial charge in [0.2, 0.25) is 0 Å². The van der Waals surface area contributed by atoms with E-state index >= 15 is 0 Å². The fourth-order valence-corrected chi connectivity index (χ4v) is 1.53. The molecule has 1 nitrogen and oxygen atoms in total. The fourth-order valence-electron chi connectivity index (χ4n) is 0.780. The van der Waals surface area contributed by atoms with Gasteiger partial charge in [0.15, 0.2) is 0 Å². The summed E-state index contributed by atoms with van der Waals surface area (Å²) >= 11 is 1.78. The van der Waals surface area contributed by atoms with Crippen molar-refractivity contribution in [1.82, 2.24) is 0 Å². The van der Waals surface area contributed by atoms with Crippen LogP contribution in [0.15, 0.2) is 17.1 Å². The summed E-state index contributed by atoms with van der Waals surface area (Å²) in [6.45, 7) is 8.41. The van der Waals surface area contributed by atoms with Gasteiger partial charge in [-0.25, -0.2) is 0 Å². The summed E-state index contributed by atoms with van der Waals surface area (Å²) < 4.78 is 0. The highest BCUT2D eigenvalue weighted by molar-refractivity contribution is 7.13. The predicted molar refractivity (Wildman–Crippen MR) is 56.4 cm³/mol. The van der Waals surface area contributed by atoms with Gasteiger partial charge in [0.1, 0.15) is 0 Å². The standard InChI is InChI=1S/C10H15NS/c1-8-5-6-9(12-8)7-11-10(2,3)4/h5-7H,1-4H3. The molecule has 0 saturated heterocycles. The number of hydrogen-bond donors (Lipinski definition) is 0. The lowest BCUT2D eigenvalue weighted by Gasteiger charge is -2.09. The molecule has 0 aliphatic rings. The van der Waals surface area contributed by atoms with E-state index in [0.29, 0.717) is 0 Å². The molecule has 12 heavy (non-hydrogen) atoms. The maximum Gasteiger partial charge on any atom is 0.0524 e. The Kier molecular flexibility index (Phi) is 2.68. The van der Waals surface area contributed by atoms with E-state index in [-0.39, 0.29) is 5.54 Å². The van der Waals surface area contributed by atoms with Crippen molar-refractivity contribution < 1.29 is 0 Å². The van der Waals surface area contributed by atoms with Crippen LogP contribution < -0.4 is 0 Å². The predicted octanol–water partition coefficient (Wildman–Crippen LogP) is 3.27. The largest absolute Gasteiger partial charge is 0.286 e. The van der Waals surface area contributed by atoms with Crippen molar-refractivity contribution in [2.75, 3.05) is 0 Å². The van der Waals surface area contributed by atoms with E-state index in [1.165, 1.54) is 9.75 Å². The van der Waals surface area contributed by atoms with Crippen LogP contribution >= 0.6 is 11.3 Å². The molecule has 0 saturated carbocycles. The highest BCUT2D eigenvalue weighted by atomic mass is 32.1. The molecule has 0 unspecified atom stereocenters. The lowest BCUT2D eigenvalue weighted by atomic mass is 10.1. The van der Waals surface area contributed by atoms with Crippen molar-refractivity contribution in [2.45, 2.75) is 33.2 Å². The molecule has 0 spiro atoms. The minimum atomic E-state index is 0.0396. The highest BCUT2D eigenvalue weighted by Gasteiger charge is 2.04. The Balaban J connectivity index is 2.70. The Morgan fingerprint density at radius 1 is 1.33 bits per heavy atom. The molecule has 0 atom stereocenters. The molecule has 0 fully saturated rings. The van der Waals surface area contributed by atoms with Crippen molar-refractivity contribution in [1.29, 1.82) is 0 Å². The van der Waals surface area contributed by atoms with Crippen molar-refractivity contribution in [3.8, 4) is 0 Å². The third-order valence-electron chi connectivity index (χ3n) is 1.34. The van der Waals surface area contributed by atoms with E-state index in [9.17, 15) is 0 Å². The number of nitrogens with zero attached hydrogens (tertiary/aromatic N) is 1. The quantitative estimate of drug-likeness (QED) is 0.590. The summed E-state index contributed by atoms with van der Waals surface area (Å²) in [6.07, 6.45) is 1.96. The van der Waals surface area contributed by atoms with Gasteiger partial charge in [-0.05, 0) is 39.8 Å². The minimum absolute atomic E-state index is 0.0396. The zero-order chi connectivity index (χ0) is 9.19. The van der Waals surface area contributed by atoms with E-state index in [4.69, 9.17) is 0 Å². The molecular formula is C10H15NS. The fraction of sp³-hybridized carbons (Fsp3) is 0.500. The first-order chi connectivity index (χ1) is 5.47. The van der Waals surface area contributed by atoms with Crippen LogP contribution in [0.2, 0.25) is 0 Å². The third-order valence-corrected chi connectivity index (χ3v) is 2.28. The van der Waals surface area contributed by atoms with Crippen LogP contribution in [0.1, 0.15) is 30.5 Å². The molecule has 0 aromatic carbocycles. The van der Waals surface area contributed by atoms with Crippen LogP contribution in [0.3, 0.4) is 0 Å². The molecule has 1 rings (SSSR count). The van der Waals surface area contributed by atoms with Crippen molar-refractivity contribution >= 4 is 17.6 Å². The minimum Gasteiger partial charge on any atom is -0.286 e. The van der Waals surface area contributed by atoms with Gasteiger partial charge >= 0.3 is 0 Å². The Morgan fingerprint density at radius 2 is 2.00 bits per heavy atom. The van der Waals surface area contributed by atoms with E-state index in [1.807, 2.05) is 6.21 Å². The summed E-state index contributed by atoms with van der Waals surface area (Å²) in [4.78, 5) is 7.00. The molecule has 2 heteroatoms. The summed E-state index contributed by atoms with van der Waals surface area (Å²) in [6, 6.07) is 4.23. The molecule has 0 aliphatic carbocycles. The van der Waals surface area contributed by atoms with Gasteiger partial charge in [-0.1, -0.05) is 0 Å². The second-order valence-corrected chi connectivity index (χ2v) is 5.20. The monoisotopic (exact) mass is 181 g/mol. The average molecular weight is 181 g/mol. The Hall–Kier alpha value is -0.630. The van der Waals surface area contributed by atoms with Crippen LogP contribution in [-0.4, -0.2) is 11.8 Å². The van der Waals surface area contributed by atoms with Crippen LogP contribution in [-0.2, 0) is 0 Å². The van der Waals surface area contributed by atoms with Gasteiger partial charge in [0.25, 0.3) is 0 Å². The van der Waals surface area contributed by atoms with Crippen LogP contribution in [0, 0.1) is 6.92 Å². The maximum atomic E-state index is 4.43. The number of aryl methyl sites for hydroxylation is 1. The molecule has 1 aromatic rings. The molecule has 1 heterocycles. The van der Waals surface area contributed by atoms with Crippen LogP contribution in [0.4, 0.5) is 0 Å². The number of rotatable bonds is 1. The first-order valence-corrected chi connectivity index (χ1v) is 4.91. The van der Waals surface area contributed by atoms with E-state index in [1.54, 1.807) is 11.3 Å². The van der Waals surface area contributed by atoms with E-state index < -0.39 is 0 Å². The highest BCUT2D eigenvalue weighted by Crippen LogP contribution is 2.14. The molecule has 0 N–H and O–H groups in total. The van der Waals surface area contributed by atoms with Gasteiger partial charge in [-0.15, -0.1) is 11.3 Å². The maximum absolute atomic E-state index is 4.43. The number of thiophene rings is 1. The number of aliphatic imine (C=N–C) groups is 1. The second kappa shape index (κ2) is 3.40. The average Bonchev–Trinajstić information content (AvgIpc) is 2.30. The summed E-state index contributed by atoms with van der Waals surface area (Å²) in [5, 5.41) is 0. The first kappa shape index (κ1) is 9.46. The lowest BCUT2D eigenvalue weighted by molar-refractivity contribution is 0.587. The summed E-state index contributed by atoms with van der Waals surface area (Å²) in [5.41, 5.74) is 0.0396. The van der Waals surface area contributed by atoms with E-state index in [2.05, 4.69) is 44.8 Å². The van der Waals surface area contributed by atoms with E-state index in [0.717, 1.165) is 0 Å². The molecule has 0 radical (unpaired) electrons. The normalized spacial score (nSPS) is 12.7. The Labute approximate surface area is 78.2 Å². The van der Waals surface area contributed by atoms with Gasteiger partial charge < -0.3 is 0 Å². The molecule has 1 aromatic heterocycles. The number of hydrogen-bond acceptors (Lipinski definition) is 2. The van der Waals surface area contributed by atoms with Crippen molar-refractivity contribution in [3.63, 3.8) is 0 Å². The van der Waals surface area contributed by atoms with Gasteiger partial charge in [-0.2, -0.15) is 0 Å². The molecular weight excluding hydrogens is 166 g/mol. The molecule has 0 amide bonds. The second-order valence-electron chi connectivity index (χ2n) is 3.88. The van der Waals surface area contributed by atoms with Crippen molar-refractivity contribution in [2.24, 2.45) is 4.99 Å². The topological polar surface area (TPSA) is 12.4 Å². The first-order valence-electron chi connectivity index (χ1n) is 4.09. The Bertz CT molecular complexity index is 278.